The number of nitrogens with zero attached hydrogens (tertiary/aromatic N) is 1. The highest BCUT2D eigenvalue weighted by atomic mass is 35.5. The molecule has 1 fully saturated rings. The number of alkyl halides is 1. The van der Waals surface area contributed by atoms with Gasteiger partial charge in [0.2, 0.25) is 0 Å². The molecular weight excluding hydrogens is 362 g/mol. The molecule has 1 amide bonds. The minimum absolute atomic E-state index is 0.0735. The van der Waals surface area contributed by atoms with Gasteiger partial charge in [-0.15, -0.1) is 0 Å². The second-order valence-electron chi connectivity index (χ2n) is 6.39. The van der Waals surface area contributed by atoms with Crippen molar-refractivity contribution >= 4 is 23.5 Å². The average Bonchev–Trinajstić information content (AvgIpc) is 3.44. The van der Waals surface area contributed by atoms with Crippen molar-refractivity contribution in [2.45, 2.75) is 18.1 Å². The van der Waals surface area contributed by atoms with E-state index in [1.165, 1.54) is 12.1 Å². The smallest absolute Gasteiger partial charge is 0.292 e. The summed E-state index contributed by atoms with van der Waals surface area (Å²) in [6, 6.07) is 12.7. The molecule has 1 aliphatic heterocycles. The fraction of sp³-hybridized carbons (Fsp3) is 0.263. The molecule has 0 aromatic heterocycles. The van der Waals surface area contributed by atoms with Crippen molar-refractivity contribution in [2.75, 3.05) is 6.67 Å². The van der Waals surface area contributed by atoms with E-state index in [4.69, 9.17) is 16.3 Å². The molecule has 0 unspecified atom stereocenters. The molecule has 0 radical (unpaired) electrons. The monoisotopic (exact) mass is 376 g/mol. The van der Waals surface area contributed by atoms with E-state index in [1.54, 1.807) is 36.4 Å². The number of hydrogen-bond acceptors (Lipinski definition) is 3. The lowest BCUT2D eigenvalue weighted by atomic mass is 9.86. The molecule has 0 bridgehead atoms. The van der Waals surface area contributed by atoms with E-state index in [0.717, 1.165) is 0 Å². The zero-order valence-electron chi connectivity index (χ0n) is 13.6. The van der Waals surface area contributed by atoms with Crippen LogP contribution in [0.15, 0.2) is 53.5 Å². The van der Waals surface area contributed by atoms with E-state index in [9.17, 15) is 13.6 Å². The normalized spacial score (nSPS) is 26.3. The first-order valence-electron chi connectivity index (χ1n) is 8.18. The predicted octanol–water partition coefficient (Wildman–Crippen LogP) is 3.85. The van der Waals surface area contributed by atoms with Crippen molar-refractivity contribution in [1.29, 1.82) is 0 Å². The number of carbonyl (C=O) groups excluding carboxylic acids is 1. The van der Waals surface area contributed by atoms with Gasteiger partial charge in [-0.05, 0) is 24.6 Å². The molecule has 4 rings (SSSR count). The first kappa shape index (κ1) is 17.0. The molecule has 0 spiro atoms. The summed E-state index contributed by atoms with van der Waals surface area (Å²) in [5.41, 5.74) is -0.670. The Kier molecular flexibility index (Phi) is 4.15. The molecule has 2 aliphatic rings. The van der Waals surface area contributed by atoms with Crippen LogP contribution in [-0.2, 0) is 10.3 Å². The molecule has 0 saturated heterocycles. The Hall–Kier alpha value is -2.47. The Morgan fingerprint density at radius 1 is 1.27 bits per heavy atom. The van der Waals surface area contributed by atoms with Gasteiger partial charge in [-0.2, -0.15) is 0 Å². The van der Waals surface area contributed by atoms with Crippen molar-refractivity contribution in [1.82, 2.24) is 5.32 Å². The van der Waals surface area contributed by atoms with Gasteiger partial charge in [0.15, 0.2) is 0 Å². The fourth-order valence-corrected chi connectivity index (χ4v) is 3.64. The molecule has 1 N–H and O–H groups in total. The molecule has 26 heavy (non-hydrogen) atoms. The third-order valence-electron chi connectivity index (χ3n) is 4.79. The molecule has 3 atom stereocenters. The van der Waals surface area contributed by atoms with E-state index >= 15 is 0 Å². The lowest BCUT2D eigenvalue weighted by Gasteiger charge is -2.32. The second kappa shape index (κ2) is 6.36. The number of amides is 1. The number of amidine groups is 1. The summed E-state index contributed by atoms with van der Waals surface area (Å²) in [6.07, 6.45) is 0.277. The number of aliphatic imine (C=N–C) groups is 1. The maximum Gasteiger partial charge on any atom is 0.292 e. The van der Waals surface area contributed by atoms with E-state index in [1.807, 2.05) is 0 Å². The van der Waals surface area contributed by atoms with Gasteiger partial charge in [0.05, 0.1) is 5.02 Å². The van der Waals surface area contributed by atoms with Gasteiger partial charge in [0, 0.05) is 17.0 Å². The van der Waals surface area contributed by atoms with Gasteiger partial charge in [0.25, 0.3) is 11.9 Å². The lowest BCUT2D eigenvalue weighted by Crippen LogP contribution is -2.43. The summed E-state index contributed by atoms with van der Waals surface area (Å²) in [7, 11) is 0. The largest absolute Gasteiger partial charge is 0.461 e. The highest BCUT2D eigenvalue weighted by Gasteiger charge is 2.60. The van der Waals surface area contributed by atoms with Crippen LogP contribution in [0.2, 0.25) is 5.02 Å². The van der Waals surface area contributed by atoms with E-state index in [-0.39, 0.29) is 28.6 Å². The van der Waals surface area contributed by atoms with Gasteiger partial charge in [-0.25, -0.2) is 13.8 Å². The maximum atomic E-state index is 14.2. The molecule has 7 heteroatoms. The third kappa shape index (κ3) is 2.74. The van der Waals surface area contributed by atoms with Crippen LogP contribution in [0.3, 0.4) is 0 Å². The summed E-state index contributed by atoms with van der Waals surface area (Å²) in [5, 5.41) is 2.41. The average molecular weight is 377 g/mol. The quantitative estimate of drug-likeness (QED) is 0.884. The zero-order chi connectivity index (χ0) is 18.3. The Labute approximate surface area is 153 Å². The van der Waals surface area contributed by atoms with Crippen molar-refractivity contribution in [3.63, 3.8) is 0 Å². The van der Waals surface area contributed by atoms with Crippen LogP contribution in [0.4, 0.5) is 8.78 Å². The number of halogens is 3. The van der Waals surface area contributed by atoms with E-state index in [2.05, 4.69) is 10.3 Å². The highest BCUT2D eigenvalue weighted by molar-refractivity contribution is 6.31. The highest BCUT2D eigenvalue weighted by Crippen LogP contribution is 2.54. The Morgan fingerprint density at radius 3 is 2.77 bits per heavy atom. The fourth-order valence-electron chi connectivity index (χ4n) is 3.35. The number of nitrogens with one attached hydrogen (secondary N) is 1. The summed E-state index contributed by atoms with van der Waals surface area (Å²) in [4.78, 5) is 16.7. The zero-order valence-corrected chi connectivity index (χ0v) is 14.3. The molecule has 1 aliphatic carbocycles. The van der Waals surface area contributed by atoms with Crippen LogP contribution in [0.5, 0.6) is 0 Å². The van der Waals surface area contributed by atoms with Crippen LogP contribution in [-0.4, -0.2) is 24.7 Å². The summed E-state index contributed by atoms with van der Waals surface area (Å²) >= 11 is 6.09. The maximum absolute atomic E-state index is 14.2. The predicted molar refractivity (Wildman–Crippen MR) is 93.4 cm³/mol. The van der Waals surface area contributed by atoms with Gasteiger partial charge >= 0.3 is 0 Å². The number of ether oxygens (including phenoxy) is 1. The van der Waals surface area contributed by atoms with Crippen LogP contribution in [0.1, 0.15) is 22.3 Å². The number of benzene rings is 2. The topological polar surface area (TPSA) is 50.7 Å². The van der Waals surface area contributed by atoms with Crippen LogP contribution >= 0.6 is 11.6 Å². The number of carbonyl (C=O) groups is 1. The number of hydrogen-bond donors (Lipinski definition) is 1. The third-order valence-corrected chi connectivity index (χ3v) is 5.17. The summed E-state index contributed by atoms with van der Waals surface area (Å²) in [6.45, 7) is -0.870. The minimum Gasteiger partial charge on any atom is -0.461 e. The van der Waals surface area contributed by atoms with Gasteiger partial charge in [0.1, 0.15) is 24.1 Å². The Bertz CT molecular complexity index is 890. The Morgan fingerprint density at radius 2 is 2.04 bits per heavy atom. The van der Waals surface area contributed by atoms with Gasteiger partial charge < -0.3 is 4.74 Å². The molecular formula is C19H15ClF2N2O2. The van der Waals surface area contributed by atoms with Crippen molar-refractivity contribution in [2.24, 2.45) is 10.9 Å². The second-order valence-corrected chi connectivity index (χ2v) is 6.77. The standard InChI is InChI=1S/C19H15ClF2N2O2/c20-16-12(7-4-8-14(16)22)19(10-21)13-9-15(13)26-18(24-19)23-17(25)11-5-2-1-3-6-11/h1-8,13,15H,9-10H2,(H,23,24,25)/t13-,15+,19+/m0/s1. The number of rotatable bonds is 3. The molecule has 2 aromatic carbocycles. The van der Waals surface area contributed by atoms with E-state index < -0.39 is 23.9 Å². The van der Waals surface area contributed by atoms with E-state index in [0.29, 0.717) is 12.0 Å². The first-order valence-corrected chi connectivity index (χ1v) is 8.56. The van der Waals surface area contributed by atoms with Crippen LogP contribution < -0.4 is 5.32 Å². The van der Waals surface area contributed by atoms with Crippen molar-refractivity contribution < 1.29 is 18.3 Å². The van der Waals surface area contributed by atoms with Gasteiger partial charge in [-0.1, -0.05) is 41.9 Å². The van der Waals surface area contributed by atoms with Crippen LogP contribution in [0.25, 0.3) is 0 Å². The molecule has 4 nitrogen and oxygen atoms in total. The summed E-state index contributed by atoms with van der Waals surface area (Å²) in [5.74, 6) is -1.29. The molecule has 1 saturated carbocycles. The Balaban J connectivity index is 1.70. The molecule has 134 valence electrons. The number of fused-ring (bicyclic) bond motifs is 1. The van der Waals surface area contributed by atoms with Crippen molar-refractivity contribution in [3.8, 4) is 0 Å². The molecule has 2 aromatic rings. The molecule has 1 heterocycles. The van der Waals surface area contributed by atoms with Gasteiger partial charge in [-0.3, -0.25) is 10.1 Å². The SMILES string of the molecule is O=C(NC1=N[C@](CF)(c2cccc(F)c2Cl)[C@H]2C[C@H]2O1)c1ccccc1. The minimum atomic E-state index is -1.36. The first-order chi connectivity index (χ1) is 12.5. The summed E-state index contributed by atoms with van der Waals surface area (Å²) < 4.78 is 33.7. The van der Waals surface area contributed by atoms with Crippen LogP contribution in [0, 0.1) is 11.7 Å². The lowest BCUT2D eigenvalue weighted by molar-refractivity contribution is 0.0951. The van der Waals surface area contributed by atoms with Crippen molar-refractivity contribution in [3.05, 3.63) is 70.5 Å².